The van der Waals surface area contributed by atoms with E-state index in [-0.39, 0.29) is 11.5 Å². The van der Waals surface area contributed by atoms with Crippen LogP contribution < -0.4 is 4.74 Å². The Morgan fingerprint density at radius 3 is 2.38 bits per heavy atom. The van der Waals surface area contributed by atoms with Crippen molar-refractivity contribution in [3.8, 4) is 11.5 Å². The van der Waals surface area contributed by atoms with Crippen molar-refractivity contribution in [3.63, 3.8) is 0 Å². The molecule has 1 aliphatic heterocycles. The van der Waals surface area contributed by atoms with E-state index in [4.69, 9.17) is 14.2 Å². The van der Waals surface area contributed by atoms with Crippen molar-refractivity contribution < 1.29 is 19.3 Å². The molecule has 140 valence electrons. The van der Waals surface area contributed by atoms with Gasteiger partial charge in [0, 0.05) is 5.41 Å². The monoisotopic (exact) mass is 468 g/mol. The molecule has 2 aromatic rings. The van der Waals surface area contributed by atoms with Gasteiger partial charge in [0.1, 0.15) is 24.2 Å². The van der Waals surface area contributed by atoms with Gasteiger partial charge < -0.3 is 19.3 Å². The Bertz CT molecular complexity index is 768. The zero-order chi connectivity index (χ0) is 18.9. The summed E-state index contributed by atoms with van der Waals surface area (Å²) < 4.78 is 18.0. The maximum Gasteiger partial charge on any atom is 0.163 e. The summed E-state index contributed by atoms with van der Waals surface area (Å²) in [6.45, 7) is 9.21. The molecule has 1 fully saturated rings. The molecule has 2 aromatic carbocycles. The number of hydrogen-bond donors (Lipinski definition) is 1. The van der Waals surface area contributed by atoms with Crippen molar-refractivity contribution in [2.45, 2.75) is 45.0 Å². The lowest BCUT2D eigenvalue weighted by Crippen LogP contribution is -2.25. The minimum absolute atomic E-state index is 0.0415. The first-order valence-corrected chi connectivity index (χ1v) is 9.79. The predicted octanol–water partition coefficient (Wildman–Crippen LogP) is 4.85. The third-order valence-electron chi connectivity index (χ3n) is 4.75. The van der Waals surface area contributed by atoms with Gasteiger partial charge in [0.05, 0.1) is 10.2 Å². The molecule has 1 aliphatic rings. The summed E-state index contributed by atoms with van der Waals surface area (Å²) >= 11 is 2.15. The molecule has 1 heterocycles. The topological polar surface area (TPSA) is 47.9 Å². The predicted molar refractivity (Wildman–Crippen MR) is 110 cm³/mol. The van der Waals surface area contributed by atoms with Gasteiger partial charge in [0.2, 0.25) is 0 Å². The first-order valence-electron chi connectivity index (χ1n) is 8.71. The van der Waals surface area contributed by atoms with E-state index in [0.29, 0.717) is 19.0 Å². The summed E-state index contributed by atoms with van der Waals surface area (Å²) in [7, 11) is 0. The van der Waals surface area contributed by atoms with Crippen LogP contribution in [0.25, 0.3) is 0 Å². The quantitative estimate of drug-likeness (QED) is 0.638. The molecular formula is C21H25IO4. The highest BCUT2D eigenvalue weighted by Crippen LogP contribution is 2.35. The maximum absolute atomic E-state index is 9.75. The van der Waals surface area contributed by atoms with Gasteiger partial charge in [-0.1, -0.05) is 32.0 Å². The van der Waals surface area contributed by atoms with Crippen LogP contribution in [0.15, 0.2) is 42.5 Å². The van der Waals surface area contributed by atoms with Crippen molar-refractivity contribution in [2.24, 2.45) is 0 Å². The first-order chi connectivity index (χ1) is 12.2. The van der Waals surface area contributed by atoms with Crippen LogP contribution in [-0.2, 0) is 14.9 Å². The fraction of sp³-hybridized carbons (Fsp3) is 0.429. The van der Waals surface area contributed by atoms with E-state index in [0.717, 1.165) is 14.9 Å². The molecule has 1 atom stereocenters. The van der Waals surface area contributed by atoms with Gasteiger partial charge >= 0.3 is 0 Å². The molecule has 0 amide bonds. The van der Waals surface area contributed by atoms with Gasteiger partial charge in [-0.05, 0) is 71.8 Å². The highest BCUT2D eigenvalue weighted by Gasteiger charge is 2.33. The lowest BCUT2D eigenvalue weighted by Gasteiger charge is -2.26. The number of ether oxygens (including phenoxy) is 3. The van der Waals surface area contributed by atoms with Gasteiger partial charge in [0.15, 0.2) is 5.79 Å². The summed E-state index contributed by atoms with van der Waals surface area (Å²) in [5.41, 5.74) is 2.18. The van der Waals surface area contributed by atoms with Crippen LogP contribution in [0.2, 0.25) is 0 Å². The standard InChI is InChI=1S/C21H25IO4/c1-20(2,15-7-10-19(23)18(22)11-15)14-5-8-16(9-6-14)24-12-17-13-25-21(3,4)26-17/h5-11,17,23H,12-13H2,1-4H3. The highest BCUT2D eigenvalue weighted by atomic mass is 127. The van der Waals surface area contributed by atoms with Crippen LogP contribution >= 0.6 is 22.6 Å². The zero-order valence-electron chi connectivity index (χ0n) is 15.6. The molecule has 1 saturated heterocycles. The Kier molecular flexibility index (Phi) is 5.51. The minimum atomic E-state index is -0.524. The SMILES string of the molecule is CC1(C)OCC(COc2ccc(C(C)(C)c3ccc(O)c(I)c3)cc2)O1. The Labute approximate surface area is 168 Å². The number of phenolic OH excluding ortho intramolecular Hbond substituents is 1. The van der Waals surface area contributed by atoms with Crippen LogP contribution in [0.4, 0.5) is 0 Å². The molecule has 0 radical (unpaired) electrons. The van der Waals surface area contributed by atoms with Gasteiger partial charge in [-0.2, -0.15) is 0 Å². The summed E-state index contributed by atoms with van der Waals surface area (Å²) in [5, 5.41) is 9.75. The average Bonchev–Trinajstić information content (AvgIpc) is 2.95. The van der Waals surface area contributed by atoms with Gasteiger partial charge in [-0.3, -0.25) is 0 Å². The Morgan fingerprint density at radius 2 is 1.81 bits per heavy atom. The molecule has 1 N–H and O–H groups in total. The Balaban J connectivity index is 1.67. The van der Waals surface area contributed by atoms with Crippen molar-refractivity contribution in [2.75, 3.05) is 13.2 Å². The van der Waals surface area contributed by atoms with Crippen molar-refractivity contribution in [1.82, 2.24) is 0 Å². The number of benzene rings is 2. The molecular weight excluding hydrogens is 443 g/mol. The largest absolute Gasteiger partial charge is 0.507 e. The molecule has 0 spiro atoms. The number of phenols is 1. The first kappa shape index (κ1) is 19.5. The molecule has 4 nitrogen and oxygen atoms in total. The summed E-state index contributed by atoms with van der Waals surface area (Å²) in [6.07, 6.45) is -0.0415. The molecule has 0 saturated carbocycles. The Hall–Kier alpha value is -1.31. The van der Waals surface area contributed by atoms with Crippen LogP contribution in [0, 0.1) is 3.57 Å². The number of rotatable bonds is 5. The minimum Gasteiger partial charge on any atom is -0.507 e. The molecule has 1 unspecified atom stereocenters. The van der Waals surface area contributed by atoms with E-state index in [9.17, 15) is 5.11 Å². The number of aromatic hydroxyl groups is 1. The second-order valence-electron chi connectivity index (χ2n) is 7.58. The smallest absolute Gasteiger partial charge is 0.163 e. The number of halogens is 1. The van der Waals surface area contributed by atoms with E-state index in [1.165, 1.54) is 5.56 Å². The van der Waals surface area contributed by atoms with Crippen molar-refractivity contribution in [3.05, 3.63) is 57.2 Å². The summed E-state index contributed by atoms with van der Waals surface area (Å²) in [4.78, 5) is 0. The zero-order valence-corrected chi connectivity index (χ0v) is 17.7. The fourth-order valence-corrected chi connectivity index (χ4v) is 3.58. The number of hydrogen-bond acceptors (Lipinski definition) is 4. The second-order valence-corrected chi connectivity index (χ2v) is 8.74. The highest BCUT2D eigenvalue weighted by molar-refractivity contribution is 14.1. The Morgan fingerprint density at radius 1 is 1.15 bits per heavy atom. The summed E-state index contributed by atoms with van der Waals surface area (Å²) in [5.74, 6) is 0.608. The summed E-state index contributed by atoms with van der Waals surface area (Å²) in [6, 6.07) is 13.9. The molecule has 5 heteroatoms. The van der Waals surface area contributed by atoms with Gasteiger partial charge in [-0.15, -0.1) is 0 Å². The second kappa shape index (κ2) is 7.37. The van der Waals surface area contributed by atoms with Crippen molar-refractivity contribution >= 4 is 22.6 Å². The average molecular weight is 468 g/mol. The van der Waals surface area contributed by atoms with E-state index in [1.54, 1.807) is 6.07 Å². The molecule has 0 aliphatic carbocycles. The van der Waals surface area contributed by atoms with Gasteiger partial charge in [-0.25, -0.2) is 0 Å². The van der Waals surface area contributed by atoms with Crippen LogP contribution in [0.5, 0.6) is 11.5 Å². The van der Waals surface area contributed by atoms with Gasteiger partial charge in [0.25, 0.3) is 0 Å². The fourth-order valence-electron chi connectivity index (χ4n) is 3.06. The molecule has 0 bridgehead atoms. The molecule has 26 heavy (non-hydrogen) atoms. The maximum atomic E-state index is 9.75. The van der Waals surface area contributed by atoms with E-state index in [2.05, 4.69) is 48.6 Å². The van der Waals surface area contributed by atoms with Crippen LogP contribution in [-0.4, -0.2) is 30.2 Å². The van der Waals surface area contributed by atoms with Crippen LogP contribution in [0.3, 0.4) is 0 Å². The third kappa shape index (κ3) is 4.32. The third-order valence-corrected chi connectivity index (χ3v) is 5.61. The van der Waals surface area contributed by atoms with Crippen molar-refractivity contribution in [1.29, 1.82) is 0 Å². The van der Waals surface area contributed by atoms with Crippen LogP contribution in [0.1, 0.15) is 38.8 Å². The van der Waals surface area contributed by atoms with E-state index in [1.807, 2.05) is 38.1 Å². The van der Waals surface area contributed by atoms with E-state index < -0.39 is 5.79 Å². The van der Waals surface area contributed by atoms with E-state index >= 15 is 0 Å². The molecule has 3 rings (SSSR count). The lowest BCUT2D eigenvalue weighted by atomic mass is 9.78. The molecule has 0 aromatic heterocycles. The lowest BCUT2D eigenvalue weighted by molar-refractivity contribution is -0.141. The normalized spacial score (nSPS) is 19.5.